The Kier molecular flexibility index (Phi) is 18.1. The Morgan fingerprint density at radius 3 is 1.12 bits per heavy atom. The van der Waals surface area contributed by atoms with E-state index in [1.807, 2.05) is 0 Å². The van der Waals surface area contributed by atoms with E-state index < -0.39 is 0 Å². The van der Waals surface area contributed by atoms with Crippen molar-refractivity contribution in [2.75, 3.05) is 39.3 Å². The van der Waals surface area contributed by atoms with Gasteiger partial charge in [-0.2, -0.15) is 0 Å². The third-order valence-electron chi connectivity index (χ3n) is 18.3. The van der Waals surface area contributed by atoms with Crippen molar-refractivity contribution in [2.24, 2.45) is 47.3 Å². The molecule has 7 saturated heterocycles. The van der Waals surface area contributed by atoms with E-state index >= 15 is 0 Å². The summed E-state index contributed by atoms with van der Waals surface area (Å²) >= 11 is 0. The zero-order valence-electron chi connectivity index (χ0n) is 40.4. The lowest BCUT2D eigenvalue weighted by molar-refractivity contribution is 0.0914. The van der Waals surface area contributed by atoms with E-state index in [-0.39, 0.29) is 7.43 Å². The molecule has 0 aromatic rings. The molecule has 5 nitrogen and oxygen atoms in total. The van der Waals surface area contributed by atoms with Crippen molar-refractivity contribution in [1.29, 1.82) is 0 Å². The van der Waals surface area contributed by atoms with Crippen molar-refractivity contribution in [1.82, 2.24) is 24.5 Å². The predicted molar refractivity (Wildman–Crippen MR) is 256 cm³/mol. The minimum Gasteiger partial charge on any atom is -0.300 e. The maximum atomic E-state index is 2.81. The molecule has 59 heavy (non-hydrogen) atoms. The second-order valence-electron chi connectivity index (χ2n) is 24.2. The van der Waals surface area contributed by atoms with Crippen LogP contribution in [0.25, 0.3) is 0 Å². The fourth-order valence-electron chi connectivity index (χ4n) is 15.5. The van der Waals surface area contributed by atoms with Crippen molar-refractivity contribution in [3.63, 3.8) is 0 Å². The molecule has 0 radical (unpaired) electrons. The first-order valence-corrected chi connectivity index (χ1v) is 26.6. The monoisotopic (exact) mass is 822 g/mol. The average Bonchev–Trinajstić information content (AvgIpc) is 3.86. The first-order valence-electron chi connectivity index (χ1n) is 26.6. The van der Waals surface area contributed by atoms with E-state index in [0.717, 1.165) is 102 Å². The van der Waals surface area contributed by atoms with Gasteiger partial charge in [0.05, 0.1) is 0 Å². The summed E-state index contributed by atoms with van der Waals surface area (Å²) in [6.07, 6.45) is 30.1. The number of rotatable bonds is 5. The molecule has 10 atom stereocenters. The van der Waals surface area contributed by atoms with Gasteiger partial charge in [0.15, 0.2) is 0 Å². The zero-order chi connectivity index (χ0) is 41.1. The van der Waals surface area contributed by atoms with Gasteiger partial charge in [0.1, 0.15) is 0 Å². The molecule has 13 fully saturated rings. The topological polar surface area (TPSA) is 16.2 Å². The molecule has 6 aliphatic carbocycles. The van der Waals surface area contributed by atoms with Crippen LogP contribution < -0.4 is 0 Å². The minimum atomic E-state index is 0. The quantitative estimate of drug-likeness (QED) is 0.274. The van der Waals surface area contributed by atoms with Gasteiger partial charge in [-0.25, -0.2) is 0 Å². The Bertz CT molecular complexity index is 1180. The maximum absolute atomic E-state index is 2.81. The van der Waals surface area contributed by atoms with Gasteiger partial charge in [-0.3, -0.25) is 19.6 Å². The van der Waals surface area contributed by atoms with E-state index in [1.165, 1.54) is 148 Å². The molecule has 344 valence electrons. The third kappa shape index (κ3) is 12.8. The second-order valence-corrected chi connectivity index (χ2v) is 24.2. The van der Waals surface area contributed by atoms with Gasteiger partial charge < -0.3 is 4.90 Å². The highest BCUT2D eigenvalue weighted by molar-refractivity contribution is 4.97. The summed E-state index contributed by atoms with van der Waals surface area (Å²) in [5, 5.41) is 0. The Labute approximate surface area is 369 Å². The Morgan fingerprint density at radius 1 is 0.271 bits per heavy atom. The molecule has 10 unspecified atom stereocenters. The molecule has 0 amide bonds. The molecule has 5 heteroatoms. The van der Waals surface area contributed by atoms with Crippen LogP contribution in [0.5, 0.6) is 0 Å². The van der Waals surface area contributed by atoms with Crippen LogP contribution in [0.2, 0.25) is 0 Å². The molecule has 0 N–H and O–H groups in total. The second kappa shape index (κ2) is 22.1. The van der Waals surface area contributed by atoms with E-state index in [9.17, 15) is 0 Å². The fraction of sp³-hybridized carbons (Fsp3) is 1.00. The van der Waals surface area contributed by atoms with Crippen LogP contribution in [0.3, 0.4) is 0 Å². The van der Waals surface area contributed by atoms with Crippen molar-refractivity contribution >= 4 is 0 Å². The van der Waals surface area contributed by atoms with Crippen LogP contribution in [0, 0.1) is 47.3 Å². The lowest BCUT2D eigenvalue weighted by atomic mass is 9.68. The van der Waals surface area contributed by atoms with Crippen LogP contribution in [0.15, 0.2) is 0 Å². The smallest absolute Gasteiger partial charge is 0.0103 e. The van der Waals surface area contributed by atoms with Crippen LogP contribution in [0.1, 0.15) is 205 Å². The standard InChI is InChI=1S/C13H23N.C11H21N.2C10H19N.C9H17N.CH4/c1-9(2)14-8-12-4-10-3-11(5-12)7-13(14)6-10;1-9(2)12-8-10-4-3-5-11(12)7-6-10;1-8(2)11-6-9-3-4-10(5-9)7-11;1-8(2)11-7-9-4-3-5-10(11)6-9;1-7(2)10-6-8-3-4-9(10)5-8;/h9-13H,3-8H2,1-2H3;9-11H,3-8H2,1-2H3;2*8-10H,3-7H2,1-2H3;7-9H,3-6H2,1-2H3;1H4. The molecule has 13 rings (SSSR count). The zero-order valence-corrected chi connectivity index (χ0v) is 40.4. The van der Waals surface area contributed by atoms with Gasteiger partial charge in [-0.05, 0) is 232 Å². The molecule has 7 heterocycles. The number of nitrogens with zero attached hydrogens (tertiary/aromatic N) is 5. The van der Waals surface area contributed by atoms with Crippen molar-refractivity contribution in [2.45, 2.75) is 259 Å². The fourth-order valence-corrected chi connectivity index (χ4v) is 15.5. The number of hydrogen-bond acceptors (Lipinski definition) is 5. The first-order chi connectivity index (χ1) is 27.8. The molecule has 0 aromatic heterocycles. The Morgan fingerprint density at radius 2 is 0.610 bits per heavy atom. The number of piperidine rings is 3. The largest absolute Gasteiger partial charge is 0.300 e. The third-order valence-corrected chi connectivity index (χ3v) is 18.3. The van der Waals surface area contributed by atoms with Crippen LogP contribution in [0.4, 0.5) is 0 Å². The van der Waals surface area contributed by atoms with E-state index in [0.29, 0.717) is 0 Å². The van der Waals surface area contributed by atoms with Gasteiger partial charge in [-0.15, -0.1) is 0 Å². The van der Waals surface area contributed by atoms with Crippen LogP contribution >= 0.6 is 0 Å². The molecular formula is C54H103N5. The molecule has 0 spiro atoms. The molecule has 13 aliphatic rings. The molecule has 0 aromatic carbocycles. The molecular weight excluding hydrogens is 719 g/mol. The average molecular weight is 822 g/mol. The van der Waals surface area contributed by atoms with Gasteiger partial charge in [0.2, 0.25) is 0 Å². The summed E-state index contributed by atoms with van der Waals surface area (Å²) in [5.41, 5.74) is 0. The van der Waals surface area contributed by atoms with Gasteiger partial charge in [-0.1, -0.05) is 20.3 Å². The van der Waals surface area contributed by atoms with E-state index in [2.05, 4.69) is 93.7 Å². The maximum Gasteiger partial charge on any atom is 0.0103 e. The van der Waals surface area contributed by atoms with Crippen molar-refractivity contribution < 1.29 is 0 Å². The van der Waals surface area contributed by atoms with Gasteiger partial charge in [0, 0.05) is 93.6 Å². The molecule has 6 saturated carbocycles. The summed E-state index contributed by atoms with van der Waals surface area (Å²) in [5.74, 6) is 8.50. The van der Waals surface area contributed by atoms with Crippen molar-refractivity contribution in [3.8, 4) is 0 Å². The Balaban J connectivity index is 0.000000124. The minimum absolute atomic E-state index is 0. The van der Waals surface area contributed by atoms with Gasteiger partial charge >= 0.3 is 0 Å². The highest BCUT2D eigenvalue weighted by Gasteiger charge is 2.43. The summed E-state index contributed by atoms with van der Waals surface area (Å²) in [6, 6.07) is 7.69. The lowest BCUT2D eigenvalue weighted by Gasteiger charge is -2.40. The first kappa shape index (κ1) is 48.3. The molecule has 7 aliphatic heterocycles. The number of hydrogen-bond donors (Lipinski definition) is 0. The number of fused-ring (bicyclic) bond motifs is 11. The SMILES string of the molecule is C.CC(C)N1CC2CC3CC(C2)CC1C3.CC(C)N1CC2CCC(C2)C1.CC(C)N1CC2CCC1C2.CC(C)N1CC2CCCC1C2.CC(C)N1CC2CCCC1CC2. The van der Waals surface area contributed by atoms with Crippen molar-refractivity contribution in [3.05, 3.63) is 0 Å². The summed E-state index contributed by atoms with van der Waals surface area (Å²) in [6.45, 7) is 31.8. The predicted octanol–water partition coefficient (Wildman–Crippen LogP) is 12.5. The van der Waals surface area contributed by atoms with E-state index in [1.54, 1.807) is 19.3 Å². The van der Waals surface area contributed by atoms with Crippen LogP contribution in [-0.4, -0.2) is 118 Å². The molecule has 12 bridgehead atoms. The normalized spacial score (nSPS) is 39.9. The Hall–Kier alpha value is -0.200. The summed E-state index contributed by atoms with van der Waals surface area (Å²) in [4.78, 5) is 13.6. The highest BCUT2D eigenvalue weighted by atomic mass is 15.2. The number of likely N-dealkylation sites (tertiary alicyclic amines) is 3. The van der Waals surface area contributed by atoms with Crippen LogP contribution in [-0.2, 0) is 0 Å². The lowest BCUT2D eigenvalue weighted by Crippen LogP contribution is -2.45. The highest BCUT2D eigenvalue weighted by Crippen LogP contribution is 2.48. The summed E-state index contributed by atoms with van der Waals surface area (Å²) < 4.78 is 0. The van der Waals surface area contributed by atoms with Gasteiger partial charge in [0.25, 0.3) is 0 Å². The van der Waals surface area contributed by atoms with E-state index in [4.69, 9.17) is 0 Å². The summed E-state index contributed by atoms with van der Waals surface area (Å²) in [7, 11) is 0.